The van der Waals surface area contributed by atoms with E-state index in [1.165, 1.54) is 12.1 Å². The number of aryl methyl sites for hydroxylation is 1. The Balaban J connectivity index is 1.52. The first-order valence-corrected chi connectivity index (χ1v) is 12.3. The number of amides is 1. The number of alkyl halides is 2. The van der Waals surface area contributed by atoms with Crippen molar-refractivity contribution in [2.24, 2.45) is 0 Å². The van der Waals surface area contributed by atoms with Gasteiger partial charge in [-0.1, -0.05) is 18.2 Å². The van der Waals surface area contributed by atoms with Crippen molar-refractivity contribution in [3.05, 3.63) is 58.5 Å². The zero-order chi connectivity index (χ0) is 26.5. The molecule has 1 saturated heterocycles. The summed E-state index contributed by atoms with van der Waals surface area (Å²) in [6.07, 6.45) is -3.01. The van der Waals surface area contributed by atoms with Gasteiger partial charge >= 0.3 is 0 Å². The Morgan fingerprint density at radius 2 is 2.00 bits per heavy atom. The average molecular weight is 514 g/mol. The van der Waals surface area contributed by atoms with Gasteiger partial charge in [-0.2, -0.15) is 5.10 Å². The number of fused-ring (bicyclic) bond motifs is 2. The van der Waals surface area contributed by atoms with Gasteiger partial charge in [-0.25, -0.2) is 13.2 Å². The number of hydrogen-bond donors (Lipinski definition) is 1. The Morgan fingerprint density at radius 1 is 1.22 bits per heavy atom. The minimum absolute atomic E-state index is 0.00593. The fourth-order valence-corrected chi connectivity index (χ4v) is 5.18. The first-order chi connectivity index (χ1) is 17.6. The summed E-state index contributed by atoms with van der Waals surface area (Å²) in [6.45, 7) is 8.24. The molecule has 2 aliphatic heterocycles. The molecule has 2 aromatic carbocycles. The van der Waals surface area contributed by atoms with Crippen molar-refractivity contribution in [1.82, 2.24) is 15.1 Å². The molecule has 1 N–H and O–H groups in total. The molecule has 0 spiro atoms. The highest BCUT2D eigenvalue weighted by Gasteiger charge is 2.45. The van der Waals surface area contributed by atoms with E-state index in [4.69, 9.17) is 4.74 Å². The van der Waals surface area contributed by atoms with E-state index >= 15 is 0 Å². The molecule has 196 valence electrons. The standard InChI is InChI=1S/C27H30F3N5O2/c1-15-19-10-21-22(35(26(36)27(21,2)3)14-17-13-34(4)8-9-37-17)11-20(19)25(33-32-15)31-12-16-6-5-7-18(23(16)28)24(29)30/h5-7,10-11,17,24H,8-9,12-14H2,1-4H3,(H,31,33). The lowest BCUT2D eigenvalue weighted by Crippen LogP contribution is -2.48. The quantitative estimate of drug-likeness (QED) is 0.520. The molecular formula is C27H30F3N5O2. The van der Waals surface area contributed by atoms with Crippen LogP contribution in [0.4, 0.5) is 24.7 Å². The third-order valence-electron chi connectivity index (χ3n) is 7.34. The maximum absolute atomic E-state index is 14.6. The second kappa shape index (κ2) is 9.57. The second-order valence-electron chi connectivity index (χ2n) is 10.3. The molecule has 37 heavy (non-hydrogen) atoms. The maximum atomic E-state index is 14.6. The molecule has 2 aliphatic rings. The van der Waals surface area contributed by atoms with Crippen LogP contribution in [0.15, 0.2) is 30.3 Å². The maximum Gasteiger partial charge on any atom is 0.266 e. The number of carbonyl (C=O) groups excluding carboxylic acids is 1. The first kappa shape index (κ1) is 25.4. The number of carbonyl (C=O) groups is 1. The van der Waals surface area contributed by atoms with Gasteiger partial charge in [0.1, 0.15) is 5.82 Å². The molecule has 0 bridgehead atoms. The molecule has 3 aromatic rings. The van der Waals surface area contributed by atoms with E-state index in [0.717, 1.165) is 35.8 Å². The van der Waals surface area contributed by atoms with Crippen LogP contribution in [0.25, 0.3) is 10.8 Å². The van der Waals surface area contributed by atoms with E-state index in [0.29, 0.717) is 30.0 Å². The van der Waals surface area contributed by atoms with E-state index < -0.39 is 23.2 Å². The number of anilines is 2. The summed E-state index contributed by atoms with van der Waals surface area (Å²) in [5.74, 6) is -0.559. The van der Waals surface area contributed by atoms with Crippen LogP contribution in [-0.4, -0.2) is 60.4 Å². The Morgan fingerprint density at radius 3 is 2.73 bits per heavy atom. The molecule has 1 fully saturated rings. The predicted molar refractivity (Wildman–Crippen MR) is 136 cm³/mol. The number of nitrogens with one attached hydrogen (secondary N) is 1. The largest absolute Gasteiger partial charge is 0.374 e. The summed E-state index contributed by atoms with van der Waals surface area (Å²) >= 11 is 0. The summed E-state index contributed by atoms with van der Waals surface area (Å²) < 4.78 is 46.8. The molecule has 3 heterocycles. The number of aromatic nitrogens is 2. The molecule has 1 unspecified atom stereocenters. The molecule has 1 amide bonds. The normalized spacial score (nSPS) is 19.6. The van der Waals surface area contributed by atoms with E-state index in [1.807, 2.05) is 40.0 Å². The van der Waals surface area contributed by atoms with Crippen LogP contribution in [-0.2, 0) is 21.5 Å². The number of morpholine rings is 1. The number of benzene rings is 2. The van der Waals surface area contributed by atoms with Crippen LogP contribution >= 0.6 is 0 Å². The fourth-order valence-electron chi connectivity index (χ4n) is 5.18. The third-order valence-corrected chi connectivity index (χ3v) is 7.34. The minimum atomic E-state index is -2.90. The van der Waals surface area contributed by atoms with Gasteiger partial charge in [0, 0.05) is 41.7 Å². The molecular weight excluding hydrogens is 483 g/mol. The lowest BCUT2D eigenvalue weighted by molar-refractivity contribution is -0.122. The van der Waals surface area contributed by atoms with Gasteiger partial charge in [0.05, 0.1) is 35.9 Å². The lowest BCUT2D eigenvalue weighted by atomic mass is 9.85. The van der Waals surface area contributed by atoms with Gasteiger partial charge in [0.25, 0.3) is 6.43 Å². The molecule has 0 radical (unpaired) electrons. The second-order valence-corrected chi connectivity index (χ2v) is 10.3. The molecule has 10 heteroatoms. The molecule has 0 saturated carbocycles. The zero-order valence-electron chi connectivity index (χ0n) is 21.3. The molecule has 0 aliphatic carbocycles. The van der Waals surface area contributed by atoms with Crippen molar-refractivity contribution in [3.63, 3.8) is 0 Å². The van der Waals surface area contributed by atoms with Gasteiger partial charge < -0.3 is 19.9 Å². The number of halogens is 3. The van der Waals surface area contributed by atoms with Crippen LogP contribution in [0.3, 0.4) is 0 Å². The fraction of sp³-hybridized carbons (Fsp3) is 0.444. The van der Waals surface area contributed by atoms with Gasteiger partial charge in [0.15, 0.2) is 5.82 Å². The first-order valence-electron chi connectivity index (χ1n) is 12.3. The van der Waals surface area contributed by atoms with Gasteiger partial charge in [-0.3, -0.25) is 4.79 Å². The number of ether oxygens (including phenoxy) is 1. The number of hydrogen-bond acceptors (Lipinski definition) is 6. The molecule has 7 nitrogen and oxygen atoms in total. The van der Waals surface area contributed by atoms with Crippen molar-refractivity contribution in [1.29, 1.82) is 0 Å². The SMILES string of the molecule is Cc1nnc(NCc2cccc(C(F)F)c2F)c2cc3c(cc12)C(C)(C)C(=O)N3CC1CN(C)CCO1. The highest BCUT2D eigenvalue weighted by atomic mass is 19.3. The smallest absolute Gasteiger partial charge is 0.266 e. The van der Waals surface area contributed by atoms with Gasteiger partial charge in [-0.05, 0) is 45.5 Å². The molecule has 1 atom stereocenters. The molecule has 5 rings (SSSR count). The Bertz CT molecular complexity index is 1360. The van der Waals surface area contributed by atoms with Crippen LogP contribution in [0.5, 0.6) is 0 Å². The van der Waals surface area contributed by atoms with Crippen LogP contribution in [0, 0.1) is 12.7 Å². The van der Waals surface area contributed by atoms with Gasteiger partial charge in [-0.15, -0.1) is 5.10 Å². The van der Waals surface area contributed by atoms with E-state index in [-0.39, 0.29) is 24.1 Å². The van der Waals surface area contributed by atoms with Crippen molar-refractivity contribution < 1.29 is 22.7 Å². The van der Waals surface area contributed by atoms with Crippen molar-refractivity contribution in [2.75, 3.05) is 43.5 Å². The van der Waals surface area contributed by atoms with E-state index in [9.17, 15) is 18.0 Å². The third kappa shape index (κ3) is 4.53. The van der Waals surface area contributed by atoms with Crippen LogP contribution in [0.2, 0.25) is 0 Å². The Kier molecular flexibility index (Phi) is 6.57. The van der Waals surface area contributed by atoms with E-state index in [2.05, 4.69) is 20.4 Å². The van der Waals surface area contributed by atoms with Crippen LogP contribution in [0.1, 0.15) is 42.7 Å². The summed E-state index contributed by atoms with van der Waals surface area (Å²) in [5, 5.41) is 13.1. The van der Waals surface area contributed by atoms with Crippen molar-refractivity contribution in [3.8, 4) is 0 Å². The Hall–Kier alpha value is -3.24. The predicted octanol–water partition coefficient (Wildman–Crippen LogP) is 4.58. The van der Waals surface area contributed by atoms with E-state index in [1.54, 1.807) is 4.90 Å². The number of likely N-dealkylation sites (N-methyl/N-ethyl adjacent to an activating group) is 1. The summed E-state index contributed by atoms with van der Waals surface area (Å²) in [7, 11) is 2.03. The highest BCUT2D eigenvalue weighted by Crippen LogP contribution is 2.45. The summed E-state index contributed by atoms with van der Waals surface area (Å²) in [6, 6.07) is 7.84. The van der Waals surface area contributed by atoms with Crippen molar-refractivity contribution in [2.45, 2.75) is 45.3 Å². The Labute approximate surface area is 213 Å². The highest BCUT2D eigenvalue weighted by molar-refractivity contribution is 6.11. The van der Waals surface area contributed by atoms with Crippen LogP contribution < -0.4 is 10.2 Å². The van der Waals surface area contributed by atoms with Crippen molar-refractivity contribution >= 4 is 28.2 Å². The summed E-state index contributed by atoms with van der Waals surface area (Å²) in [4.78, 5) is 17.5. The monoisotopic (exact) mass is 513 g/mol. The topological polar surface area (TPSA) is 70.6 Å². The number of rotatable bonds is 6. The summed E-state index contributed by atoms with van der Waals surface area (Å²) in [5.41, 5.74) is 1.10. The molecule has 1 aromatic heterocycles. The minimum Gasteiger partial charge on any atom is -0.374 e. The number of nitrogens with zero attached hydrogens (tertiary/aromatic N) is 4. The zero-order valence-corrected chi connectivity index (χ0v) is 21.3. The average Bonchev–Trinajstić information content (AvgIpc) is 3.03. The lowest BCUT2D eigenvalue weighted by Gasteiger charge is -2.33. The van der Waals surface area contributed by atoms with Gasteiger partial charge in [0.2, 0.25) is 5.91 Å².